The highest BCUT2D eigenvalue weighted by atomic mass is 19.4. The Kier molecular flexibility index (Phi) is 2.62. The molecule has 2 rings (SSSR count). The maximum absolute atomic E-state index is 12.5. The van der Waals surface area contributed by atoms with Crippen LogP contribution in [-0.2, 0) is 6.18 Å². The molecule has 1 heterocycles. The zero-order valence-corrected chi connectivity index (χ0v) is 8.84. The van der Waals surface area contributed by atoms with Crippen LogP contribution in [-0.4, -0.2) is 9.97 Å². The second kappa shape index (κ2) is 3.85. The number of alkyl halides is 3. The third-order valence-electron chi connectivity index (χ3n) is 2.27. The van der Waals surface area contributed by atoms with Crippen LogP contribution in [0.3, 0.4) is 0 Å². The summed E-state index contributed by atoms with van der Waals surface area (Å²) in [5.41, 5.74) is 1.80. The van der Waals surface area contributed by atoms with E-state index in [0.717, 1.165) is 12.1 Å². The SMILES string of the molecule is Cc1nc(NN)c2ccc(C(F)(F)F)cc2n1. The van der Waals surface area contributed by atoms with Gasteiger partial charge in [0.2, 0.25) is 0 Å². The van der Waals surface area contributed by atoms with Crippen LogP contribution in [0.1, 0.15) is 11.4 Å². The third kappa shape index (κ3) is 2.14. The van der Waals surface area contributed by atoms with E-state index in [1.54, 1.807) is 6.92 Å². The van der Waals surface area contributed by atoms with Gasteiger partial charge in [0, 0.05) is 5.39 Å². The molecule has 1 aromatic carbocycles. The summed E-state index contributed by atoms with van der Waals surface area (Å²) >= 11 is 0. The molecule has 4 nitrogen and oxygen atoms in total. The fraction of sp³-hybridized carbons (Fsp3) is 0.200. The van der Waals surface area contributed by atoms with E-state index >= 15 is 0 Å². The van der Waals surface area contributed by atoms with Gasteiger partial charge in [-0.3, -0.25) is 0 Å². The Hall–Kier alpha value is -1.89. The van der Waals surface area contributed by atoms with Crippen molar-refractivity contribution in [3.8, 4) is 0 Å². The minimum Gasteiger partial charge on any atom is -0.308 e. The fourth-order valence-corrected chi connectivity index (χ4v) is 1.53. The molecular formula is C10H9F3N4. The average molecular weight is 242 g/mol. The Balaban J connectivity index is 2.70. The van der Waals surface area contributed by atoms with Crippen LogP contribution in [0.15, 0.2) is 18.2 Å². The Labute approximate surface area is 94.6 Å². The Morgan fingerprint density at radius 1 is 1.24 bits per heavy atom. The van der Waals surface area contributed by atoms with Gasteiger partial charge >= 0.3 is 6.18 Å². The highest BCUT2D eigenvalue weighted by Gasteiger charge is 2.30. The van der Waals surface area contributed by atoms with E-state index in [1.165, 1.54) is 6.07 Å². The smallest absolute Gasteiger partial charge is 0.308 e. The van der Waals surface area contributed by atoms with E-state index in [2.05, 4.69) is 15.4 Å². The molecule has 3 N–H and O–H groups in total. The molecule has 90 valence electrons. The van der Waals surface area contributed by atoms with E-state index in [4.69, 9.17) is 5.84 Å². The van der Waals surface area contributed by atoms with Gasteiger partial charge in [0.1, 0.15) is 5.82 Å². The lowest BCUT2D eigenvalue weighted by Crippen LogP contribution is -2.11. The van der Waals surface area contributed by atoms with Crippen LogP contribution in [0.5, 0.6) is 0 Å². The molecule has 0 unspecified atom stereocenters. The van der Waals surface area contributed by atoms with Gasteiger partial charge in [-0.1, -0.05) is 0 Å². The van der Waals surface area contributed by atoms with E-state index in [9.17, 15) is 13.2 Å². The third-order valence-corrected chi connectivity index (χ3v) is 2.27. The molecule has 0 atom stereocenters. The number of nitrogens with one attached hydrogen (secondary N) is 1. The minimum absolute atomic E-state index is 0.209. The Bertz CT molecular complexity index is 565. The van der Waals surface area contributed by atoms with Gasteiger partial charge in [-0.15, -0.1) is 0 Å². The summed E-state index contributed by atoms with van der Waals surface area (Å²) in [7, 11) is 0. The Morgan fingerprint density at radius 2 is 1.94 bits per heavy atom. The van der Waals surface area contributed by atoms with E-state index < -0.39 is 11.7 Å². The number of nitrogen functional groups attached to an aromatic ring is 1. The van der Waals surface area contributed by atoms with Crippen molar-refractivity contribution in [3.63, 3.8) is 0 Å². The first-order chi connectivity index (χ1) is 7.91. The van der Waals surface area contributed by atoms with Crippen LogP contribution >= 0.6 is 0 Å². The number of hydrogen-bond donors (Lipinski definition) is 2. The topological polar surface area (TPSA) is 63.8 Å². The molecule has 0 aliphatic rings. The predicted octanol–water partition coefficient (Wildman–Crippen LogP) is 2.24. The lowest BCUT2D eigenvalue weighted by molar-refractivity contribution is -0.137. The van der Waals surface area contributed by atoms with Gasteiger partial charge in [-0.2, -0.15) is 13.2 Å². The molecule has 0 spiro atoms. The van der Waals surface area contributed by atoms with Crippen molar-refractivity contribution in [1.82, 2.24) is 9.97 Å². The Morgan fingerprint density at radius 3 is 2.53 bits per heavy atom. The minimum atomic E-state index is -4.39. The summed E-state index contributed by atoms with van der Waals surface area (Å²) in [6.07, 6.45) is -4.39. The normalized spacial score (nSPS) is 11.8. The summed E-state index contributed by atoms with van der Waals surface area (Å²) in [6, 6.07) is 3.25. The van der Waals surface area contributed by atoms with Crippen LogP contribution < -0.4 is 11.3 Å². The monoisotopic (exact) mass is 242 g/mol. The van der Waals surface area contributed by atoms with Crippen LogP contribution in [0.25, 0.3) is 10.9 Å². The lowest BCUT2D eigenvalue weighted by Gasteiger charge is -2.09. The first-order valence-electron chi connectivity index (χ1n) is 4.74. The van der Waals surface area contributed by atoms with Gasteiger partial charge in [0.05, 0.1) is 11.1 Å². The average Bonchev–Trinajstić information content (AvgIpc) is 2.25. The highest BCUT2D eigenvalue weighted by Crippen LogP contribution is 2.32. The number of nitrogens with two attached hydrogens (primary N) is 1. The summed E-state index contributed by atoms with van der Waals surface area (Å²) in [5, 5.41) is 0.450. The zero-order valence-electron chi connectivity index (χ0n) is 8.84. The van der Waals surface area contributed by atoms with Gasteiger partial charge < -0.3 is 5.43 Å². The van der Waals surface area contributed by atoms with Gasteiger partial charge in [-0.25, -0.2) is 15.8 Å². The molecule has 0 amide bonds. The lowest BCUT2D eigenvalue weighted by atomic mass is 10.1. The standard InChI is InChI=1S/C10H9F3N4/c1-5-15-8-4-6(10(11,12)13)2-3-7(8)9(16-5)17-14/h2-4H,14H2,1H3,(H,15,16,17). The summed E-state index contributed by atoms with van der Waals surface area (Å²) < 4.78 is 37.5. The van der Waals surface area contributed by atoms with Gasteiger partial charge in [-0.05, 0) is 25.1 Å². The number of benzene rings is 1. The summed E-state index contributed by atoms with van der Waals surface area (Å²) in [6.45, 7) is 1.58. The molecule has 0 saturated heterocycles. The molecule has 0 aliphatic carbocycles. The number of aromatic nitrogens is 2. The van der Waals surface area contributed by atoms with Crippen molar-refractivity contribution in [2.24, 2.45) is 5.84 Å². The fourth-order valence-electron chi connectivity index (χ4n) is 1.53. The molecule has 2 aromatic rings. The van der Waals surface area contributed by atoms with Gasteiger partial charge in [0.25, 0.3) is 0 Å². The van der Waals surface area contributed by atoms with Crippen molar-refractivity contribution in [1.29, 1.82) is 0 Å². The molecule has 0 radical (unpaired) electrons. The van der Waals surface area contributed by atoms with Crippen LogP contribution in [0, 0.1) is 6.92 Å². The van der Waals surface area contributed by atoms with E-state index in [-0.39, 0.29) is 5.52 Å². The molecule has 0 bridgehead atoms. The molecule has 0 saturated carbocycles. The molecule has 0 aliphatic heterocycles. The van der Waals surface area contributed by atoms with E-state index in [1.807, 2.05) is 0 Å². The second-order valence-electron chi connectivity index (χ2n) is 3.49. The predicted molar refractivity (Wildman–Crippen MR) is 57.1 cm³/mol. The number of halogens is 3. The first-order valence-corrected chi connectivity index (χ1v) is 4.74. The largest absolute Gasteiger partial charge is 0.416 e. The number of anilines is 1. The molecular weight excluding hydrogens is 233 g/mol. The van der Waals surface area contributed by atoms with Crippen LogP contribution in [0.4, 0.5) is 19.0 Å². The quantitative estimate of drug-likeness (QED) is 0.594. The zero-order chi connectivity index (χ0) is 12.6. The first kappa shape index (κ1) is 11.6. The maximum Gasteiger partial charge on any atom is 0.416 e. The molecule has 0 fully saturated rings. The second-order valence-corrected chi connectivity index (χ2v) is 3.49. The number of aryl methyl sites for hydroxylation is 1. The maximum atomic E-state index is 12.5. The van der Waals surface area contributed by atoms with Crippen molar-refractivity contribution < 1.29 is 13.2 Å². The summed E-state index contributed by atoms with van der Waals surface area (Å²) in [5.74, 6) is 5.90. The molecule has 7 heteroatoms. The number of nitrogens with zero attached hydrogens (tertiary/aromatic N) is 2. The number of rotatable bonds is 1. The number of fused-ring (bicyclic) bond motifs is 1. The van der Waals surface area contributed by atoms with E-state index in [0.29, 0.717) is 17.0 Å². The van der Waals surface area contributed by atoms with Crippen molar-refractivity contribution in [2.75, 3.05) is 5.43 Å². The number of hydrogen-bond acceptors (Lipinski definition) is 4. The summed E-state index contributed by atoms with van der Waals surface area (Å²) in [4.78, 5) is 7.93. The molecule has 17 heavy (non-hydrogen) atoms. The van der Waals surface area contributed by atoms with Crippen molar-refractivity contribution >= 4 is 16.7 Å². The molecule has 1 aromatic heterocycles. The van der Waals surface area contributed by atoms with Crippen molar-refractivity contribution in [2.45, 2.75) is 13.1 Å². The van der Waals surface area contributed by atoms with Crippen molar-refractivity contribution in [3.05, 3.63) is 29.6 Å². The number of hydrazine groups is 1. The van der Waals surface area contributed by atoms with Crippen LogP contribution in [0.2, 0.25) is 0 Å². The van der Waals surface area contributed by atoms with Gasteiger partial charge in [0.15, 0.2) is 5.82 Å². The highest BCUT2D eigenvalue weighted by molar-refractivity contribution is 5.89.